The third kappa shape index (κ3) is 5.51. The number of hydrogen-bond acceptors (Lipinski definition) is 5. The van der Waals surface area contributed by atoms with Crippen LogP contribution in [0.4, 0.5) is 0 Å². The maximum Gasteiger partial charge on any atom is 0.253 e. The van der Waals surface area contributed by atoms with Crippen LogP contribution in [0, 0.1) is 12.8 Å². The van der Waals surface area contributed by atoms with Crippen LogP contribution in [0.5, 0.6) is 0 Å². The Bertz CT molecular complexity index is 670. The average molecular weight is 389 g/mol. The average Bonchev–Trinajstić information content (AvgIpc) is 3.19. The summed E-state index contributed by atoms with van der Waals surface area (Å²) in [4.78, 5) is 13.4. The van der Waals surface area contributed by atoms with Crippen molar-refractivity contribution >= 4 is 27.3 Å². The van der Waals surface area contributed by atoms with E-state index in [0.29, 0.717) is 49.3 Å². The lowest BCUT2D eigenvalue weighted by Crippen LogP contribution is -2.46. The van der Waals surface area contributed by atoms with Crippen LogP contribution in [-0.4, -0.2) is 51.0 Å². The first kappa shape index (κ1) is 20.4. The van der Waals surface area contributed by atoms with E-state index in [1.54, 1.807) is 12.1 Å². The molecule has 8 heteroatoms. The molecule has 6 nitrogen and oxygen atoms in total. The zero-order chi connectivity index (χ0) is 18.4. The molecule has 1 aliphatic heterocycles. The van der Waals surface area contributed by atoms with E-state index in [-0.39, 0.29) is 5.91 Å². The second-order valence-corrected chi connectivity index (χ2v) is 10.2. The molecule has 0 aliphatic carbocycles. The van der Waals surface area contributed by atoms with Crippen LogP contribution >= 0.6 is 11.3 Å². The second kappa shape index (κ2) is 9.12. The highest BCUT2D eigenvalue weighted by Gasteiger charge is 2.39. The molecule has 2 heterocycles. The molecule has 1 atom stereocenters. The van der Waals surface area contributed by atoms with Crippen LogP contribution in [0.3, 0.4) is 0 Å². The quantitative estimate of drug-likeness (QED) is 0.659. The van der Waals surface area contributed by atoms with Crippen molar-refractivity contribution in [3.8, 4) is 0 Å². The monoisotopic (exact) mass is 388 g/mol. The summed E-state index contributed by atoms with van der Waals surface area (Å²) >= 11 is 1.25. The normalized spacial score (nSPS) is 18.8. The summed E-state index contributed by atoms with van der Waals surface area (Å²) in [5, 5.41) is 2.85. The minimum absolute atomic E-state index is 0.210. The van der Waals surface area contributed by atoms with E-state index in [9.17, 15) is 13.2 Å². The van der Waals surface area contributed by atoms with Gasteiger partial charge in [0.05, 0.1) is 0 Å². The lowest BCUT2D eigenvalue weighted by Gasteiger charge is -2.22. The first-order valence-electron chi connectivity index (χ1n) is 8.76. The van der Waals surface area contributed by atoms with Crippen molar-refractivity contribution in [2.45, 2.75) is 50.3 Å². The lowest BCUT2D eigenvalue weighted by molar-refractivity contribution is -0.124. The Morgan fingerprint density at radius 3 is 2.84 bits per heavy atom. The summed E-state index contributed by atoms with van der Waals surface area (Å²) in [6.45, 7) is 8.26. The summed E-state index contributed by atoms with van der Waals surface area (Å²) in [7, 11) is -3.59. The van der Waals surface area contributed by atoms with E-state index < -0.39 is 16.1 Å². The number of amides is 1. The number of carbonyl (C=O) groups is 1. The molecule has 1 saturated heterocycles. The van der Waals surface area contributed by atoms with E-state index in [1.807, 2.05) is 6.92 Å². The van der Waals surface area contributed by atoms with Gasteiger partial charge in [0.1, 0.15) is 10.3 Å². The smallest absolute Gasteiger partial charge is 0.253 e. The van der Waals surface area contributed by atoms with Gasteiger partial charge < -0.3 is 10.1 Å². The third-order valence-corrected chi connectivity index (χ3v) is 7.38. The Labute approximate surface area is 154 Å². The Balaban J connectivity index is 1.87. The molecule has 1 amide bonds. The molecule has 1 N–H and O–H groups in total. The van der Waals surface area contributed by atoms with Crippen molar-refractivity contribution in [1.82, 2.24) is 9.62 Å². The number of nitrogens with zero attached hydrogens (tertiary/aromatic N) is 1. The van der Waals surface area contributed by atoms with Gasteiger partial charge in [0, 0.05) is 31.2 Å². The molecule has 1 unspecified atom stereocenters. The minimum atomic E-state index is -3.59. The fraction of sp³-hybridized carbons (Fsp3) is 0.706. The maximum absolute atomic E-state index is 12.8. The predicted octanol–water partition coefficient (Wildman–Crippen LogP) is 2.39. The number of aryl methyl sites for hydroxylation is 1. The van der Waals surface area contributed by atoms with Gasteiger partial charge in [0.25, 0.3) is 10.0 Å². The van der Waals surface area contributed by atoms with Gasteiger partial charge in [0.2, 0.25) is 5.91 Å². The summed E-state index contributed by atoms with van der Waals surface area (Å²) in [6, 6.07) is 2.80. The van der Waals surface area contributed by atoms with E-state index in [2.05, 4.69) is 19.2 Å². The highest BCUT2D eigenvalue weighted by molar-refractivity contribution is 7.91. The highest BCUT2D eigenvalue weighted by Crippen LogP contribution is 2.30. The van der Waals surface area contributed by atoms with Crippen molar-refractivity contribution < 1.29 is 17.9 Å². The fourth-order valence-corrected chi connectivity index (χ4v) is 5.85. The van der Waals surface area contributed by atoms with Gasteiger partial charge in [-0.25, -0.2) is 8.42 Å². The molecule has 0 aromatic carbocycles. The first-order valence-corrected chi connectivity index (χ1v) is 11.0. The van der Waals surface area contributed by atoms with E-state index in [1.165, 1.54) is 15.6 Å². The summed E-state index contributed by atoms with van der Waals surface area (Å²) in [5.41, 5.74) is 0. The number of thiophene rings is 1. The molecule has 25 heavy (non-hydrogen) atoms. The van der Waals surface area contributed by atoms with Crippen molar-refractivity contribution in [3.05, 3.63) is 17.0 Å². The number of ether oxygens (including phenoxy) is 1. The lowest BCUT2D eigenvalue weighted by atomic mass is 10.2. The predicted molar refractivity (Wildman–Crippen MR) is 99.3 cm³/mol. The van der Waals surface area contributed by atoms with Crippen molar-refractivity contribution in [2.75, 3.05) is 26.3 Å². The Hall–Kier alpha value is -0.960. The van der Waals surface area contributed by atoms with Gasteiger partial charge in [0.15, 0.2) is 0 Å². The number of carbonyl (C=O) groups excluding carboxylic acids is 1. The minimum Gasteiger partial charge on any atom is -0.381 e. The van der Waals surface area contributed by atoms with Gasteiger partial charge in [-0.2, -0.15) is 4.31 Å². The van der Waals surface area contributed by atoms with Crippen molar-refractivity contribution in [3.63, 3.8) is 0 Å². The third-order valence-electron chi connectivity index (χ3n) is 4.00. The Morgan fingerprint density at radius 1 is 1.44 bits per heavy atom. The molecule has 0 saturated carbocycles. The molecular weight excluding hydrogens is 360 g/mol. The van der Waals surface area contributed by atoms with Crippen LogP contribution in [0.25, 0.3) is 0 Å². The molecule has 1 fully saturated rings. The summed E-state index contributed by atoms with van der Waals surface area (Å²) < 4.78 is 32.7. The number of hydrogen-bond donors (Lipinski definition) is 1. The van der Waals surface area contributed by atoms with E-state index in [0.717, 1.165) is 11.3 Å². The van der Waals surface area contributed by atoms with Crippen molar-refractivity contribution in [2.24, 2.45) is 5.92 Å². The largest absolute Gasteiger partial charge is 0.381 e. The SMILES string of the molecule is Cc1ccc(S(=O)(=O)N2CCCC2C(=O)NCCCOCC(C)C)s1. The van der Waals surface area contributed by atoms with Crippen LogP contribution in [0.2, 0.25) is 0 Å². The van der Waals surface area contributed by atoms with Gasteiger partial charge in [-0.1, -0.05) is 13.8 Å². The zero-order valence-electron chi connectivity index (χ0n) is 15.2. The molecular formula is C17H28N2O4S2. The molecule has 0 radical (unpaired) electrons. The van der Waals surface area contributed by atoms with Crippen LogP contribution in [0.15, 0.2) is 16.3 Å². The maximum atomic E-state index is 12.8. The van der Waals surface area contributed by atoms with Crippen LogP contribution in [0.1, 0.15) is 38.0 Å². The topological polar surface area (TPSA) is 75.7 Å². The molecule has 0 bridgehead atoms. The van der Waals surface area contributed by atoms with Gasteiger partial charge >= 0.3 is 0 Å². The molecule has 1 aromatic heterocycles. The second-order valence-electron chi connectivity index (χ2n) is 6.75. The molecule has 142 valence electrons. The molecule has 2 rings (SSSR count). The Kier molecular flexibility index (Phi) is 7.42. The summed E-state index contributed by atoms with van der Waals surface area (Å²) in [5.74, 6) is 0.283. The molecule has 1 aromatic rings. The number of nitrogens with one attached hydrogen (secondary N) is 1. The number of rotatable bonds is 9. The van der Waals surface area contributed by atoms with E-state index >= 15 is 0 Å². The summed E-state index contributed by atoms with van der Waals surface area (Å²) in [6.07, 6.45) is 2.00. The van der Waals surface area contributed by atoms with Crippen LogP contribution in [-0.2, 0) is 19.6 Å². The molecule has 0 spiro atoms. The van der Waals surface area contributed by atoms with Crippen LogP contribution < -0.4 is 5.32 Å². The molecule has 1 aliphatic rings. The van der Waals surface area contributed by atoms with Crippen molar-refractivity contribution in [1.29, 1.82) is 0 Å². The van der Waals surface area contributed by atoms with E-state index in [4.69, 9.17) is 4.74 Å². The Morgan fingerprint density at radius 2 is 2.20 bits per heavy atom. The van der Waals surface area contributed by atoms with Gasteiger partial charge in [-0.05, 0) is 44.2 Å². The first-order chi connectivity index (χ1) is 11.8. The fourth-order valence-electron chi connectivity index (χ4n) is 2.78. The zero-order valence-corrected chi connectivity index (χ0v) is 16.8. The number of sulfonamides is 1. The van der Waals surface area contributed by atoms with Gasteiger partial charge in [-0.3, -0.25) is 4.79 Å². The van der Waals surface area contributed by atoms with Gasteiger partial charge in [-0.15, -0.1) is 11.3 Å². The highest BCUT2D eigenvalue weighted by atomic mass is 32.2. The standard InChI is InChI=1S/C17H28N2O4S2/c1-13(2)12-23-11-5-9-18-17(20)15-6-4-10-19(15)25(21,22)16-8-7-14(3)24-16/h7-8,13,15H,4-6,9-12H2,1-3H3,(H,18,20).